The fourth-order valence-electron chi connectivity index (χ4n) is 1.50. The smallest absolute Gasteiger partial charge is 0.278 e. The van der Waals surface area contributed by atoms with Crippen LogP contribution in [0.3, 0.4) is 0 Å². The normalized spacial score (nSPS) is 10.4. The van der Waals surface area contributed by atoms with Gasteiger partial charge in [-0.15, -0.1) is 0 Å². The number of oxazole rings is 1. The van der Waals surface area contributed by atoms with Crippen molar-refractivity contribution in [1.29, 1.82) is 5.26 Å². The second kappa shape index (κ2) is 5.62. The molecule has 2 aromatic rings. The lowest BCUT2D eigenvalue weighted by atomic mass is 10.2. The number of benzene rings is 1. The average molecular weight is 271 g/mol. The molecule has 0 aliphatic heterocycles. The summed E-state index contributed by atoms with van der Waals surface area (Å²) in [6.45, 7) is 1.60. The minimum absolute atomic E-state index is 0.0627. The molecule has 0 amide bonds. The molecule has 8 heteroatoms. The number of nitriles is 1. The van der Waals surface area contributed by atoms with Crippen molar-refractivity contribution in [2.75, 3.05) is 5.43 Å². The summed E-state index contributed by atoms with van der Waals surface area (Å²) in [4.78, 5) is 14.1. The van der Waals surface area contributed by atoms with Gasteiger partial charge >= 0.3 is 0 Å². The van der Waals surface area contributed by atoms with Crippen LogP contribution < -0.4 is 5.43 Å². The molecule has 0 saturated carbocycles. The van der Waals surface area contributed by atoms with Crippen molar-refractivity contribution in [3.63, 3.8) is 0 Å². The largest absolute Gasteiger partial charge is 0.422 e. The highest BCUT2D eigenvalue weighted by Crippen LogP contribution is 2.17. The standard InChI is InChI=1S/C12H9N5O3/c1-8-15-10(6-13)12(20-8)16-14-7-9-4-2-3-5-11(9)17(18)19/h2-5,7,16H,1H3/b14-7+. The summed E-state index contributed by atoms with van der Waals surface area (Å²) in [6.07, 6.45) is 1.27. The predicted octanol–water partition coefficient (Wildman–Crippen LogP) is 2.21. The van der Waals surface area contributed by atoms with Crippen molar-refractivity contribution < 1.29 is 9.34 Å². The van der Waals surface area contributed by atoms with Crippen LogP contribution in [-0.2, 0) is 0 Å². The molecule has 1 aromatic heterocycles. The summed E-state index contributed by atoms with van der Waals surface area (Å²) in [5.74, 6) is 0.421. The van der Waals surface area contributed by atoms with E-state index in [1.807, 2.05) is 6.07 Å². The quantitative estimate of drug-likeness (QED) is 0.517. The van der Waals surface area contributed by atoms with Gasteiger partial charge in [-0.3, -0.25) is 10.1 Å². The summed E-state index contributed by atoms with van der Waals surface area (Å²) in [7, 11) is 0. The van der Waals surface area contributed by atoms with Gasteiger partial charge in [0.15, 0.2) is 5.89 Å². The predicted molar refractivity (Wildman–Crippen MR) is 70.3 cm³/mol. The molecule has 0 fully saturated rings. The van der Waals surface area contributed by atoms with E-state index in [0.717, 1.165) is 0 Å². The molecule has 0 radical (unpaired) electrons. The zero-order chi connectivity index (χ0) is 14.5. The Labute approximate surface area is 113 Å². The third-order valence-electron chi connectivity index (χ3n) is 2.34. The van der Waals surface area contributed by atoms with Crippen LogP contribution in [0.1, 0.15) is 17.1 Å². The van der Waals surface area contributed by atoms with Gasteiger partial charge in [0.25, 0.3) is 11.6 Å². The highest BCUT2D eigenvalue weighted by atomic mass is 16.6. The molecule has 0 atom stereocenters. The SMILES string of the molecule is Cc1nc(C#N)c(N/N=C/c2ccccc2[N+](=O)[O-])o1. The van der Waals surface area contributed by atoms with E-state index in [9.17, 15) is 10.1 Å². The Bertz CT molecular complexity index is 714. The maximum absolute atomic E-state index is 10.8. The van der Waals surface area contributed by atoms with Gasteiger partial charge in [0.05, 0.1) is 16.7 Å². The molecule has 0 unspecified atom stereocenters. The molecule has 20 heavy (non-hydrogen) atoms. The molecular formula is C12H9N5O3. The molecule has 1 aromatic carbocycles. The molecule has 1 heterocycles. The van der Waals surface area contributed by atoms with E-state index >= 15 is 0 Å². The maximum Gasteiger partial charge on any atom is 0.278 e. The molecule has 0 aliphatic carbocycles. The van der Waals surface area contributed by atoms with Crippen molar-refractivity contribution in [3.05, 3.63) is 51.5 Å². The molecular weight excluding hydrogens is 262 g/mol. The zero-order valence-corrected chi connectivity index (χ0v) is 10.4. The Hall–Kier alpha value is -3.21. The first-order valence-electron chi connectivity index (χ1n) is 5.52. The van der Waals surface area contributed by atoms with Crippen LogP contribution in [0.4, 0.5) is 11.6 Å². The molecule has 0 aliphatic rings. The summed E-state index contributed by atoms with van der Waals surface area (Å²) in [5.41, 5.74) is 2.84. The van der Waals surface area contributed by atoms with Crippen LogP contribution in [0, 0.1) is 28.4 Å². The molecule has 2 rings (SSSR count). The number of rotatable bonds is 4. The second-order valence-corrected chi connectivity index (χ2v) is 3.71. The third kappa shape index (κ3) is 2.78. The van der Waals surface area contributed by atoms with E-state index in [4.69, 9.17) is 9.68 Å². The Morgan fingerprint density at radius 2 is 2.30 bits per heavy atom. The van der Waals surface area contributed by atoms with Gasteiger partial charge in [-0.25, -0.2) is 10.4 Å². The number of hydrogen-bond donors (Lipinski definition) is 1. The van der Waals surface area contributed by atoms with E-state index < -0.39 is 4.92 Å². The summed E-state index contributed by atoms with van der Waals surface area (Å²) in [5, 5.41) is 23.4. The van der Waals surface area contributed by atoms with Gasteiger partial charge in [-0.2, -0.15) is 10.4 Å². The van der Waals surface area contributed by atoms with E-state index in [1.54, 1.807) is 25.1 Å². The first-order valence-corrected chi connectivity index (χ1v) is 5.52. The average Bonchev–Trinajstić information content (AvgIpc) is 2.79. The highest BCUT2D eigenvalue weighted by Gasteiger charge is 2.11. The van der Waals surface area contributed by atoms with Gasteiger partial charge in [0.1, 0.15) is 6.07 Å². The Balaban J connectivity index is 2.19. The molecule has 100 valence electrons. The second-order valence-electron chi connectivity index (χ2n) is 3.71. The van der Waals surface area contributed by atoms with Gasteiger partial charge in [0, 0.05) is 13.0 Å². The number of nitrogens with one attached hydrogen (secondary N) is 1. The van der Waals surface area contributed by atoms with Crippen molar-refractivity contribution in [1.82, 2.24) is 4.98 Å². The van der Waals surface area contributed by atoms with Gasteiger partial charge < -0.3 is 4.42 Å². The molecule has 0 spiro atoms. The Morgan fingerprint density at radius 1 is 1.55 bits per heavy atom. The molecule has 0 saturated heterocycles. The van der Waals surface area contributed by atoms with Crippen molar-refractivity contribution in [2.45, 2.75) is 6.92 Å². The van der Waals surface area contributed by atoms with Crippen molar-refractivity contribution in [3.8, 4) is 6.07 Å². The fraction of sp³-hybridized carbons (Fsp3) is 0.0833. The van der Waals surface area contributed by atoms with Crippen LogP contribution in [0.5, 0.6) is 0 Å². The zero-order valence-electron chi connectivity index (χ0n) is 10.4. The van der Waals surface area contributed by atoms with E-state index in [0.29, 0.717) is 11.5 Å². The topological polar surface area (TPSA) is 117 Å². The number of para-hydroxylation sites is 1. The van der Waals surface area contributed by atoms with Gasteiger partial charge in [-0.05, 0) is 6.07 Å². The summed E-state index contributed by atoms with van der Waals surface area (Å²) in [6, 6.07) is 8.00. The number of hydrogen-bond acceptors (Lipinski definition) is 7. The number of anilines is 1. The van der Waals surface area contributed by atoms with Crippen molar-refractivity contribution >= 4 is 17.8 Å². The van der Waals surface area contributed by atoms with Gasteiger partial charge in [-0.1, -0.05) is 12.1 Å². The number of nitro benzene ring substituents is 1. The number of aryl methyl sites for hydroxylation is 1. The van der Waals surface area contributed by atoms with Gasteiger partial charge in [0.2, 0.25) is 5.69 Å². The molecule has 1 N–H and O–H groups in total. The lowest BCUT2D eigenvalue weighted by Crippen LogP contribution is -1.96. The van der Waals surface area contributed by atoms with Crippen LogP contribution in [0.25, 0.3) is 0 Å². The van der Waals surface area contributed by atoms with E-state index in [-0.39, 0.29) is 17.3 Å². The first-order chi connectivity index (χ1) is 9.61. The van der Waals surface area contributed by atoms with Crippen LogP contribution >= 0.6 is 0 Å². The Kier molecular flexibility index (Phi) is 3.72. The molecule has 0 bridgehead atoms. The highest BCUT2D eigenvalue weighted by molar-refractivity contribution is 5.85. The lowest BCUT2D eigenvalue weighted by Gasteiger charge is -1.96. The van der Waals surface area contributed by atoms with Crippen molar-refractivity contribution in [2.24, 2.45) is 5.10 Å². The minimum Gasteiger partial charge on any atom is -0.422 e. The van der Waals surface area contributed by atoms with Crippen LogP contribution in [0.15, 0.2) is 33.8 Å². The lowest BCUT2D eigenvalue weighted by molar-refractivity contribution is -0.385. The summed E-state index contributed by atoms with van der Waals surface area (Å²) < 4.78 is 5.13. The molecule has 8 nitrogen and oxygen atoms in total. The number of nitro groups is 1. The van der Waals surface area contributed by atoms with Crippen LogP contribution in [-0.4, -0.2) is 16.1 Å². The van der Waals surface area contributed by atoms with E-state index in [1.165, 1.54) is 12.3 Å². The fourth-order valence-corrected chi connectivity index (χ4v) is 1.50. The van der Waals surface area contributed by atoms with E-state index in [2.05, 4.69) is 15.5 Å². The number of aromatic nitrogens is 1. The maximum atomic E-state index is 10.8. The third-order valence-corrected chi connectivity index (χ3v) is 2.34. The van der Waals surface area contributed by atoms with Crippen LogP contribution in [0.2, 0.25) is 0 Å². The Morgan fingerprint density at radius 3 is 3.00 bits per heavy atom. The minimum atomic E-state index is -0.499. The monoisotopic (exact) mass is 271 g/mol. The summed E-state index contributed by atoms with van der Waals surface area (Å²) >= 11 is 0. The number of nitrogens with zero attached hydrogens (tertiary/aromatic N) is 4. The number of hydrazone groups is 1. The first kappa shape index (κ1) is 13.2.